The third kappa shape index (κ3) is 3.90. The van der Waals surface area contributed by atoms with E-state index in [0.29, 0.717) is 60.5 Å². The summed E-state index contributed by atoms with van der Waals surface area (Å²) in [4.78, 5) is 42.9. The zero-order valence-electron chi connectivity index (χ0n) is 19.7. The zero-order valence-corrected chi connectivity index (χ0v) is 21.3. The van der Waals surface area contributed by atoms with Gasteiger partial charge in [0.2, 0.25) is 5.91 Å². The van der Waals surface area contributed by atoms with Crippen molar-refractivity contribution in [3.05, 3.63) is 44.7 Å². The van der Waals surface area contributed by atoms with Gasteiger partial charge in [-0.15, -0.1) is 0 Å². The van der Waals surface area contributed by atoms with Crippen LogP contribution in [0.3, 0.4) is 0 Å². The SMILES string of the molecule is O=C(c1ccc(NC(=O)C23C[C@@H]4C[C@@H](C2)CC(n2nc([N+](=O)[O-])nc2Br)(C4)C3)cc1)N1CCOCC1. The van der Waals surface area contributed by atoms with Gasteiger partial charge in [0.1, 0.15) is 0 Å². The normalized spacial score (nSPS) is 30.9. The fourth-order valence-electron chi connectivity index (χ4n) is 7.30. The van der Waals surface area contributed by atoms with E-state index in [0.717, 1.165) is 32.1 Å². The molecule has 12 heteroatoms. The first-order valence-electron chi connectivity index (χ1n) is 12.3. The molecule has 1 aliphatic heterocycles. The summed E-state index contributed by atoms with van der Waals surface area (Å²) in [6.07, 6.45) is 4.94. The second-order valence-corrected chi connectivity index (χ2v) is 11.5. The smallest absolute Gasteiger partial charge is 0.390 e. The number of anilines is 1. The highest BCUT2D eigenvalue weighted by molar-refractivity contribution is 9.10. The maximum absolute atomic E-state index is 13.7. The lowest BCUT2D eigenvalue weighted by atomic mass is 9.46. The second-order valence-electron chi connectivity index (χ2n) is 10.8. The quantitative estimate of drug-likeness (QED) is 0.439. The summed E-state index contributed by atoms with van der Waals surface area (Å²) < 4.78 is 7.32. The average molecular weight is 559 g/mol. The van der Waals surface area contributed by atoms with E-state index in [9.17, 15) is 19.7 Å². The van der Waals surface area contributed by atoms with Crippen molar-refractivity contribution in [1.82, 2.24) is 19.7 Å². The Hall–Kier alpha value is -2.86. The van der Waals surface area contributed by atoms with Crippen LogP contribution >= 0.6 is 15.9 Å². The summed E-state index contributed by atoms with van der Waals surface area (Å²) in [5.41, 5.74) is 0.213. The summed E-state index contributed by atoms with van der Waals surface area (Å²) in [6, 6.07) is 7.05. The summed E-state index contributed by atoms with van der Waals surface area (Å²) in [7, 11) is 0. The number of nitro groups is 1. The largest absolute Gasteiger partial charge is 0.492 e. The number of carbonyl (C=O) groups excluding carboxylic acids is 2. The van der Waals surface area contributed by atoms with Crippen molar-refractivity contribution in [3.8, 4) is 0 Å². The number of morpholine rings is 1. The highest BCUT2D eigenvalue weighted by Crippen LogP contribution is 2.64. The number of ether oxygens (including phenoxy) is 1. The minimum atomic E-state index is -0.586. The number of amides is 2. The number of hydrogen-bond acceptors (Lipinski definition) is 7. The Bertz CT molecular complexity index is 1210. The molecular weight excluding hydrogens is 532 g/mol. The molecule has 5 fully saturated rings. The molecule has 5 aliphatic rings. The molecule has 2 heterocycles. The Kier molecular flexibility index (Phi) is 5.63. The van der Waals surface area contributed by atoms with Crippen LogP contribution in [-0.4, -0.2) is 62.7 Å². The molecule has 4 bridgehead atoms. The van der Waals surface area contributed by atoms with Crippen molar-refractivity contribution in [2.75, 3.05) is 31.6 Å². The Balaban J connectivity index is 1.22. The number of hydrogen-bond donors (Lipinski definition) is 1. The van der Waals surface area contributed by atoms with Crippen LogP contribution in [0.2, 0.25) is 0 Å². The third-order valence-electron chi connectivity index (χ3n) is 8.37. The first kappa shape index (κ1) is 23.5. The van der Waals surface area contributed by atoms with Crippen molar-refractivity contribution in [2.24, 2.45) is 17.3 Å². The van der Waals surface area contributed by atoms with Gasteiger partial charge in [-0.1, -0.05) is 0 Å². The fraction of sp³-hybridized carbons (Fsp3) is 0.583. The predicted octanol–water partition coefficient (Wildman–Crippen LogP) is 3.36. The molecule has 0 radical (unpaired) electrons. The molecule has 0 unspecified atom stereocenters. The molecule has 2 atom stereocenters. The average Bonchev–Trinajstić information content (AvgIpc) is 3.27. The monoisotopic (exact) mass is 558 g/mol. The molecule has 2 amide bonds. The summed E-state index contributed by atoms with van der Waals surface area (Å²) in [5.74, 6) is 0.231. The number of aromatic nitrogens is 3. The van der Waals surface area contributed by atoms with E-state index >= 15 is 0 Å². The van der Waals surface area contributed by atoms with Gasteiger partial charge in [0.05, 0.1) is 24.2 Å². The van der Waals surface area contributed by atoms with Crippen LogP contribution in [0.25, 0.3) is 0 Å². The molecule has 0 spiro atoms. The maximum Gasteiger partial charge on any atom is 0.492 e. The number of rotatable bonds is 5. The maximum atomic E-state index is 13.7. The van der Waals surface area contributed by atoms with Crippen LogP contribution in [-0.2, 0) is 15.1 Å². The van der Waals surface area contributed by atoms with Gasteiger partial charge in [0.15, 0.2) is 0 Å². The zero-order chi connectivity index (χ0) is 25.1. The molecule has 11 nitrogen and oxygen atoms in total. The molecule has 1 aromatic heterocycles. The van der Waals surface area contributed by atoms with Crippen LogP contribution in [0, 0.1) is 27.4 Å². The van der Waals surface area contributed by atoms with Gasteiger partial charge in [-0.25, -0.2) is 0 Å². The Morgan fingerprint density at radius 1 is 1.11 bits per heavy atom. The summed E-state index contributed by atoms with van der Waals surface area (Å²) >= 11 is 3.38. The van der Waals surface area contributed by atoms with Crippen LogP contribution in [0.5, 0.6) is 0 Å². The predicted molar refractivity (Wildman–Crippen MR) is 131 cm³/mol. The van der Waals surface area contributed by atoms with E-state index < -0.39 is 21.8 Å². The topological polar surface area (TPSA) is 132 Å². The Morgan fingerprint density at radius 3 is 2.39 bits per heavy atom. The lowest BCUT2D eigenvalue weighted by molar-refractivity contribution is -0.394. The lowest BCUT2D eigenvalue weighted by Crippen LogP contribution is -2.60. The van der Waals surface area contributed by atoms with Crippen LogP contribution < -0.4 is 5.32 Å². The second kappa shape index (κ2) is 8.62. The van der Waals surface area contributed by atoms with E-state index in [-0.39, 0.29) is 11.8 Å². The lowest BCUT2D eigenvalue weighted by Gasteiger charge is -2.60. The van der Waals surface area contributed by atoms with Crippen molar-refractivity contribution < 1.29 is 19.2 Å². The van der Waals surface area contributed by atoms with Crippen molar-refractivity contribution in [3.63, 3.8) is 0 Å². The van der Waals surface area contributed by atoms with Crippen LogP contribution in [0.4, 0.5) is 11.6 Å². The van der Waals surface area contributed by atoms with Gasteiger partial charge < -0.3 is 25.1 Å². The first-order chi connectivity index (χ1) is 17.3. The molecule has 36 heavy (non-hydrogen) atoms. The Labute approximate surface area is 215 Å². The van der Waals surface area contributed by atoms with Crippen molar-refractivity contribution in [2.45, 2.75) is 44.1 Å². The summed E-state index contributed by atoms with van der Waals surface area (Å²) in [5, 5.41) is 18.6. The molecule has 7 rings (SSSR count). The molecule has 190 valence electrons. The summed E-state index contributed by atoms with van der Waals surface area (Å²) in [6.45, 7) is 2.25. The highest BCUT2D eigenvalue weighted by Gasteiger charge is 2.63. The van der Waals surface area contributed by atoms with E-state index in [1.165, 1.54) is 0 Å². The van der Waals surface area contributed by atoms with E-state index in [2.05, 4.69) is 31.3 Å². The molecule has 1 N–H and O–H groups in total. The number of carbonyl (C=O) groups is 2. The third-order valence-corrected chi connectivity index (χ3v) is 8.88. The molecule has 4 aliphatic carbocycles. The number of nitrogens with zero attached hydrogens (tertiary/aromatic N) is 5. The standard InChI is InChI=1S/C24H27BrN6O5/c25-21-27-22(31(34)35)28-30(21)24-12-15-9-16(13-24)11-23(10-15,14-24)20(33)26-18-3-1-17(2-4-18)19(32)29-5-7-36-8-6-29/h1-4,15-16H,5-14H2,(H,26,33)/t15-,16-,23?,24?/m0/s1. The minimum Gasteiger partial charge on any atom is -0.390 e. The fourth-order valence-corrected chi connectivity index (χ4v) is 7.91. The highest BCUT2D eigenvalue weighted by atomic mass is 79.9. The van der Waals surface area contributed by atoms with Gasteiger partial charge >= 0.3 is 5.95 Å². The Morgan fingerprint density at radius 2 is 1.78 bits per heavy atom. The van der Waals surface area contributed by atoms with Crippen LogP contribution in [0.1, 0.15) is 48.9 Å². The number of nitrogens with one attached hydrogen (secondary N) is 1. The van der Waals surface area contributed by atoms with Gasteiger partial charge in [-0.3, -0.25) is 9.59 Å². The van der Waals surface area contributed by atoms with Crippen molar-refractivity contribution in [1.29, 1.82) is 0 Å². The van der Waals surface area contributed by atoms with Gasteiger partial charge in [0.25, 0.3) is 10.6 Å². The van der Waals surface area contributed by atoms with E-state index in [4.69, 9.17) is 4.74 Å². The molecule has 1 saturated heterocycles. The van der Waals surface area contributed by atoms with E-state index in [1.807, 2.05) is 0 Å². The van der Waals surface area contributed by atoms with Gasteiger partial charge in [-0.2, -0.15) is 4.68 Å². The molecule has 1 aromatic carbocycles. The molecule has 2 aromatic rings. The van der Waals surface area contributed by atoms with Crippen molar-refractivity contribution >= 4 is 39.4 Å². The number of halogens is 1. The number of benzene rings is 1. The molecular formula is C24H27BrN6O5. The van der Waals surface area contributed by atoms with Crippen LogP contribution in [0.15, 0.2) is 29.0 Å². The minimum absolute atomic E-state index is 0.0287. The molecule has 4 saturated carbocycles. The van der Waals surface area contributed by atoms with E-state index in [1.54, 1.807) is 33.8 Å². The first-order valence-corrected chi connectivity index (χ1v) is 13.1. The van der Waals surface area contributed by atoms with Gasteiger partial charge in [0, 0.05) is 45.4 Å². The van der Waals surface area contributed by atoms with Gasteiger partial charge in [-0.05, 0) is 84.5 Å².